The molecule has 2 aromatic carbocycles. The van der Waals surface area contributed by atoms with Gasteiger partial charge < -0.3 is 29.2 Å². The molecule has 0 bridgehead atoms. The molecule has 0 spiro atoms. The molecule has 2 atom stereocenters. The zero-order valence-electron chi connectivity index (χ0n) is 21.9. The van der Waals surface area contributed by atoms with E-state index in [9.17, 15) is 0 Å². The van der Waals surface area contributed by atoms with Crippen LogP contribution in [0.2, 0.25) is 10.0 Å². The number of rotatable bonds is 8. The zero-order chi connectivity index (χ0) is 30.7. The van der Waals surface area contributed by atoms with E-state index >= 15 is 0 Å². The van der Waals surface area contributed by atoms with Gasteiger partial charge in [0.2, 0.25) is 5.79 Å². The third kappa shape index (κ3) is 9.00. The summed E-state index contributed by atoms with van der Waals surface area (Å²) in [5.74, 6) is -0.389. The van der Waals surface area contributed by atoms with Crippen LogP contribution in [0.5, 0.6) is 5.75 Å². The molecule has 5 rings (SSSR count). The van der Waals surface area contributed by atoms with Gasteiger partial charge in [0.15, 0.2) is 0 Å². The largest absolute Gasteiger partial charge is 0.491 e. The number of aromatic nitrogens is 5. The molecule has 1 fully saturated rings. The third-order valence-electron chi connectivity index (χ3n) is 5.68. The van der Waals surface area contributed by atoms with Gasteiger partial charge in [-0.25, -0.2) is 14.6 Å². The Labute approximate surface area is 247 Å². The molecule has 0 radical (unpaired) electrons. The lowest BCUT2D eigenvalue weighted by Crippen LogP contribution is -2.35. The van der Waals surface area contributed by atoms with Crippen molar-refractivity contribution in [2.24, 2.45) is 0 Å². The highest BCUT2D eigenvalue weighted by Gasteiger charge is 2.45. The van der Waals surface area contributed by atoms with Gasteiger partial charge in [-0.3, -0.25) is 0 Å². The first-order valence-corrected chi connectivity index (χ1v) is 12.8. The van der Waals surface area contributed by atoms with Crippen LogP contribution >= 0.6 is 23.2 Å². The molecule has 0 amide bonds. The van der Waals surface area contributed by atoms with Gasteiger partial charge >= 0.3 is 0 Å². The van der Waals surface area contributed by atoms with E-state index in [1.807, 2.05) is 42.9 Å². The summed E-state index contributed by atoms with van der Waals surface area (Å²) in [5.41, 5.74) is 2.82. The van der Waals surface area contributed by atoms with Gasteiger partial charge in [0.1, 0.15) is 37.7 Å². The zero-order valence-corrected chi connectivity index (χ0v) is 23.4. The first-order chi connectivity index (χ1) is 20.0. The number of imidazole rings is 1. The van der Waals surface area contributed by atoms with Crippen molar-refractivity contribution in [1.82, 2.24) is 24.3 Å². The van der Waals surface area contributed by atoms with E-state index in [0.29, 0.717) is 28.8 Å². The van der Waals surface area contributed by atoms with Crippen molar-refractivity contribution >= 4 is 23.2 Å². The van der Waals surface area contributed by atoms with Crippen molar-refractivity contribution in [2.45, 2.75) is 31.9 Å². The van der Waals surface area contributed by atoms with Gasteiger partial charge in [-0.2, -0.15) is 5.10 Å². The summed E-state index contributed by atoms with van der Waals surface area (Å²) in [6.07, 6.45) is 6.45. The Kier molecular flexibility index (Phi) is 11.4. The Morgan fingerprint density at radius 3 is 2.38 bits per heavy atom. The second-order valence-electron chi connectivity index (χ2n) is 8.40. The number of nitrogens with zero attached hydrogens (tertiary/aromatic N) is 7. The van der Waals surface area contributed by atoms with E-state index in [4.69, 9.17) is 68.1 Å². The fraction of sp³-hybridized carbons (Fsp3) is 0.292. The van der Waals surface area contributed by atoms with Crippen LogP contribution < -0.4 is 4.74 Å². The Morgan fingerprint density at radius 2 is 1.79 bits per heavy atom. The fourth-order valence-electron chi connectivity index (χ4n) is 4.01. The van der Waals surface area contributed by atoms with E-state index in [0.717, 1.165) is 23.6 Å². The predicted octanol–water partition coefficient (Wildman–Crippen LogP) is 4.12. The number of hydrogen-bond acceptors (Lipinski definition) is 10. The minimum atomic E-state index is -1.50. The molecule has 16 nitrogen and oxygen atoms in total. The third-order valence-corrected chi connectivity index (χ3v) is 6.22. The van der Waals surface area contributed by atoms with Crippen molar-refractivity contribution in [2.75, 3.05) is 13.2 Å². The number of aryl methyl sites for hydroxylation is 1. The van der Waals surface area contributed by atoms with E-state index < -0.39 is 16.0 Å². The lowest BCUT2D eigenvalue weighted by molar-refractivity contribution is -0.742. The molecule has 0 saturated carbocycles. The maximum atomic E-state index is 8.36. The van der Waals surface area contributed by atoms with Crippen molar-refractivity contribution < 1.29 is 34.8 Å². The molecule has 42 heavy (non-hydrogen) atoms. The van der Waals surface area contributed by atoms with Crippen LogP contribution in [0.25, 0.3) is 11.3 Å². The van der Waals surface area contributed by atoms with Crippen LogP contribution in [-0.2, 0) is 28.4 Å². The average molecular weight is 626 g/mol. The standard InChI is InChI=1S/C24H23Cl2N5O3.2HNO3/c1-2-30-15-27-10-23(30)17-3-6-19(7-4-17)32-11-20-12-33-24(34-20,13-31-16-28-14-29-31)21-8-5-18(25)9-22(21)26;2*2-1(3)4/h3-10,14-16,20H,2,11-13H2,1H3;2*(H,2,3,4). The molecular formula is C24H25Cl2N7O9. The molecule has 4 aromatic rings. The molecule has 1 saturated heterocycles. The number of halogens is 2. The number of hydrogen-bond donors (Lipinski definition) is 2. The van der Waals surface area contributed by atoms with Gasteiger partial charge in [0.05, 0.1) is 29.8 Å². The van der Waals surface area contributed by atoms with E-state index in [-0.39, 0.29) is 12.6 Å². The van der Waals surface area contributed by atoms with Crippen molar-refractivity contribution in [3.8, 4) is 17.0 Å². The normalized spacial score (nSPS) is 17.4. The van der Waals surface area contributed by atoms with Crippen LogP contribution in [0.3, 0.4) is 0 Å². The van der Waals surface area contributed by atoms with Gasteiger partial charge in [0.25, 0.3) is 10.2 Å². The van der Waals surface area contributed by atoms with Crippen molar-refractivity contribution in [3.63, 3.8) is 0 Å². The summed E-state index contributed by atoms with van der Waals surface area (Å²) in [7, 11) is 0. The van der Waals surface area contributed by atoms with Crippen LogP contribution in [0.15, 0.2) is 67.6 Å². The molecule has 3 heterocycles. The van der Waals surface area contributed by atoms with Crippen LogP contribution in [0.1, 0.15) is 12.5 Å². The number of benzene rings is 2. The smallest absolute Gasteiger partial charge is 0.291 e. The van der Waals surface area contributed by atoms with E-state index in [1.165, 1.54) is 6.33 Å². The Hall–Kier alpha value is -4.51. The van der Waals surface area contributed by atoms with Crippen LogP contribution in [0, 0.1) is 20.2 Å². The van der Waals surface area contributed by atoms with Crippen LogP contribution in [-0.4, -0.2) is 64.2 Å². The second-order valence-corrected chi connectivity index (χ2v) is 9.24. The Morgan fingerprint density at radius 1 is 1.10 bits per heavy atom. The molecule has 1 aliphatic rings. The maximum Gasteiger partial charge on any atom is 0.291 e. The summed E-state index contributed by atoms with van der Waals surface area (Å²) < 4.78 is 22.3. The van der Waals surface area contributed by atoms with Crippen molar-refractivity contribution in [1.29, 1.82) is 0 Å². The van der Waals surface area contributed by atoms with Gasteiger partial charge in [-0.05, 0) is 43.3 Å². The average Bonchev–Trinajstić information content (AvgIpc) is 3.69. The monoisotopic (exact) mass is 625 g/mol. The second kappa shape index (κ2) is 14.9. The SMILES string of the molecule is CCn1cncc1-c1ccc(OCC2COC(Cn3cncn3)(c3ccc(Cl)cc3Cl)O2)cc1.O=[N+]([O-])O.O=[N+]([O-])O. The summed E-state index contributed by atoms with van der Waals surface area (Å²) in [6, 6.07) is 13.2. The predicted molar refractivity (Wildman–Crippen MR) is 145 cm³/mol. The molecular weight excluding hydrogens is 601 g/mol. The molecule has 2 aromatic heterocycles. The molecule has 18 heteroatoms. The highest BCUT2D eigenvalue weighted by Crippen LogP contribution is 2.40. The number of ether oxygens (including phenoxy) is 3. The first-order valence-electron chi connectivity index (χ1n) is 12.0. The summed E-state index contributed by atoms with van der Waals surface area (Å²) >= 11 is 12.6. The lowest BCUT2D eigenvalue weighted by Gasteiger charge is -2.29. The topological polar surface area (TPSA) is 203 Å². The van der Waals surface area contributed by atoms with Crippen molar-refractivity contribution in [3.05, 3.63) is 103 Å². The Bertz CT molecular complexity index is 1440. The highest BCUT2D eigenvalue weighted by atomic mass is 35.5. The summed E-state index contributed by atoms with van der Waals surface area (Å²) in [6.45, 7) is 3.88. The van der Waals surface area contributed by atoms with Gasteiger partial charge in [-0.15, -0.1) is 20.2 Å². The minimum Gasteiger partial charge on any atom is -0.491 e. The highest BCUT2D eigenvalue weighted by molar-refractivity contribution is 6.35. The minimum absolute atomic E-state index is 0.282. The van der Waals surface area contributed by atoms with E-state index in [1.54, 1.807) is 23.1 Å². The summed E-state index contributed by atoms with van der Waals surface area (Å²) in [5, 5.41) is 32.5. The quantitative estimate of drug-likeness (QED) is 0.209. The molecule has 224 valence electrons. The lowest BCUT2D eigenvalue weighted by atomic mass is 10.1. The van der Waals surface area contributed by atoms with Gasteiger partial charge in [0, 0.05) is 22.7 Å². The molecule has 2 unspecified atom stereocenters. The van der Waals surface area contributed by atoms with Gasteiger partial charge in [-0.1, -0.05) is 29.3 Å². The molecule has 0 aliphatic carbocycles. The maximum absolute atomic E-state index is 8.36. The summed E-state index contributed by atoms with van der Waals surface area (Å²) in [4.78, 5) is 25.0. The first kappa shape index (κ1) is 32.0. The van der Waals surface area contributed by atoms with E-state index in [2.05, 4.69) is 26.6 Å². The molecule has 1 aliphatic heterocycles. The molecule has 2 N–H and O–H groups in total. The Balaban J connectivity index is 0.000000540. The fourth-order valence-corrected chi connectivity index (χ4v) is 4.56. The van der Waals surface area contributed by atoms with Crippen LogP contribution in [0.4, 0.5) is 0 Å².